The van der Waals surface area contributed by atoms with E-state index in [1.165, 1.54) is 16.5 Å². The van der Waals surface area contributed by atoms with Crippen LogP contribution in [0.25, 0.3) is 10.9 Å². The largest absolute Gasteiger partial charge is 0.490 e. The Morgan fingerprint density at radius 1 is 1.10 bits per heavy atom. The van der Waals surface area contributed by atoms with Crippen molar-refractivity contribution >= 4 is 10.9 Å². The number of hydrogen-bond donors (Lipinski definition) is 1. The number of fused-ring (bicyclic) bond motifs is 1. The van der Waals surface area contributed by atoms with Crippen molar-refractivity contribution in [3.63, 3.8) is 0 Å². The summed E-state index contributed by atoms with van der Waals surface area (Å²) in [6.07, 6.45) is 3.07. The van der Waals surface area contributed by atoms with Gasteiger partial charge in [0.2, 0.25) is 0 Å². The highest BCUT2D eigenvalue weighted by molar-refractivity contribution is 5.87. The van der Waals surface area contributed by atoms with E-state index in [2.05, 4.69) is 36.7 Å². The molecular formula is C17H26N2O2. The van der Waals surface area contributed by atoms with Crippen molar-refractivity contribution < 1.29 is 9.47 Å². The zero-order valence-corrected chi connectivity index (χ0v) is 13.5. The standard InChI is InChI=1S/C17H26N2O2/c1-5-20-16-9-14-13(7-8-18)11-19(12(3)4)15(14)10-17(16)21-6-2/h9-12H,5-8,18H2,1-4H3. The topological polar surface area (TPSA) is 49.4 Å². The molecule has 4 heteroatoms. The molecule has 2 rings (SSSR count). The van der Waals surface area contributed by atoms with Gasteiger partial charge in [-0.1, -0.05) is 0 Å². The Balaban J connectivity index is 2.64. The molecule has 0 bridgehead atoms. The second-order valence-corrected chi connectivity index (χ2v) is 5.38. The van der Waals surface area contributed by atoms with Crippen LogP contribution in [0.2, 0.25) is 0 Å². The number of benzene rings is 1. The lowest BCUT2D eigenvalue weighted by molar-refractivity contribution is 0.288. The lowest BCUT2D eigenvalue weighted by Crippen LogP contribution is -2.02. The molecule has 0 saturated carbocycles. The highest BCUT2D eigenvalue weighted by Gasteiger charge is 2.15. The van der Waals surface area contributed by atoms with Gasteiger partial charge >= 0.3 is 0 Å². The first-order valence-electron chi connectivity index (χ1n) is 7.75. The fraction of sp³-hybridized carbons (Fsp3) is 0.529. The fourth-order valence-corrected chi connectivity index (χ4v) is 2.65. The average molecular weight is 290 g/mol. The van der Waals surface area contributed by atoms with Gasteiger partial charge in [0.15, 0.2) is 11.5 Å². The van der Waals surface area contributed by atoms with E-state index < -0.39 is 0 Å². The number of nitrogens with zero attached hydrogens (tertiary/aromatic N) is 1. The number of ether oxygens (including phenoxy) is 2. The number of hydrogen-bond acceptors (Lipinski definition) is 3. The van der Waals surface area contributed by atoms with Crippen LogP contribution in [0.4, 0.5) is 0 Å². The molecule has 116 valence electrons. The molecular weight excluding hydrogens is 264 g/mol. The van der Waals surface area contributed by atoms with Gasteiger partial charge in [0.05, 0.1) is 18.7 Å². The summed E-state index contributed by atoms with van der Waals surface area (Å²) in [6, 6.07) is 4.57. The summed E-state index contributed by atoms with van der Waals surface area (Å²) >= 11 is 0. The van der Waals surface area contributed by atoms with E-state index in [1.807, 2.05) is 13.8 Å². The maximum atomic E-state index is 5.75. The van der Waals surface area contributed by atoms with Crippen LogP contribution >= 0.6 is 0 Å². The van der Waals surface area contributed by atoms with Crippen LogP contribution in [0.5, 0.6) is 11.5 Å². The summed E-state index contributed by atoms with van der Waals surface area (Å²) in [5.41, 5.74) is 8.20. The van der Waals surface area contributed by atoms with Gasteiger partial charge < -0.3 is 19.8 Å². The summed E-state index contributed by atoms with van der Waals surface area (Å²) in [6.45, 7) is 10.2. The molecule has 0 aliphatic rings. The lowest BCUT2D eigenvalue weighted by Gasteiger charge is -2.14. The molecule has 0 spiro atoms. The summed E-state index contributed by atoms with van der Waals surface area (Å²) in [5, 5.41) is 1.21. The van der Waals surface area contributed by atoms with Gasteiger partial charge in [0.1, 0.15) is 0 Å². The predicted molar refractivity (Wildman–Crippen MR) is 87.4 cm³/mol. The molecule has 4 nitrogen and oxygen atoms in total. The SMILES string of the molecule is CCOc1cc2c(CCN)cn(C(C)C)c2cc1OCC. The Hall–Kier alpha value is -1.68. The van der Waals surface area contributed by atoms with Crippen molar-refractivity contribution in [1.29, 1.82) is 0 Å². The van der Waals surface area contributed by atoms with E-state index in [0.717, 1.165) is 17.9 Å². The highest BCUT2D eigenvalue weighted by atomic mass is 16.5. The molecule has 1 heterocycles. The van der Waals surface area contributed by atoms with E-state index >= 15 is 0 Å². The minimum absolute atomic E-state index is 0.395. The first-order chi connectivity index (χ1) is 10.1. The molecule has 0 amide bonds. The third-order valence-electron chi connectivity index (χ3n) is 3.55. The molecule has 0 saturated heterocycles. The minimum atomic E-state index is 0.395. The fourth-order valence-electron chi connectivity index (χ4n) is 2.65. The van der Waals surface area contributed by atoms with Gasteiger partial charge in [-0.3, -0.25) is 0 Å². The normalized spacial score (nSPS) is 11.3. The average Bonchev–Trinajstić information content (AvgIpc) is 2.79. The molecule has 1 aromatic carbocycles. The number of aromatic nitrogens is 1. The van der Waals surface area contributed by atoms with Crippen LogP contribution in [-0.4, -0.2) is 24.3 Å². The summed E-state index contributed by atoms with van der Waals surface area (Å²) < 4.78 is 13.7. The van der Waals surface area contributed by atoms with Crippen LogP contribution in [0.15, 0.2) is 18.3 Å². The Labute approximate surface area is 126 Å². The smallest absolute Gasteiger partial charge is 0.163 e. The Morgan fingerprint density at radius 3 is 2.24 bits per heavy atom. The van der Waals surface area contributed by atoms with Crippen molar-refractivity contribution in [1.82, 2.24) is 4.57 Å². The Bertz CT molecular complexity index is 602. The van der Waals surface area contributed by atoms with Gasteiger partial charge in [0, 0.05) is 23.7 Å². The number of nitrogens with two attached hydrogens (primary N) is 1. The molecule has 0 unspecified atom stereocenters. The second-order valence-electron chi connectivity index (χ2n) is 5.38. The summed E-state index contributed by atoms with van der Waals surface area (Å²) in [5.74, 6) is 1.62. The highest BCUT2D eigenvalue weighted by Crippen LogP contribution is 2.36. The summed E-state index contributed by atoms with van der Waals surface area (Å²) in [7, 11) is 0. The maximum Gasteiger partial charge on any atom is 0.163 e. The zero-order chi connectivity index (χ0) is 15.4. The van der Waals surface area contributed by atoms with Crippen LogP contribution in [0, 0.1) is 0 Å². The molecule has 0 radical (unpaired) electrons. The molecule has 2 aromatic rings. The molecule has 0 fully saturated rings. The van der Waals surface area contributed by atoms with Gasteiger partial charge in [-0.15, -0.1) is 0 Å². The molecule has 2 N–H and O–H groups in total. The molecule has 0 aliphatic carbocycles. The minimum Gasteiger partial charge on any atom is -0.490 e. The van der Waals surface area contributed by atoms with Crippen molar-refractivity contribution in [3.05, 3.63) is 23.9 Å². The van der Waals surface area contributed by atoms with E-state index in [0.29, 0.717) is 25.8 Å². The van der Waals surface area contributed by atoms with Crippen LogP contribution in [0.3, 0.4) is 0 Å². The van der Waals surface area contributed by atoms with Gasteiger partial charge in [-0.2, -0.15) is 0 Å². The molecule has 0 aliphatic heterocycles. The summed E-state index contributed by atoms with van der Waals surface area (Å²) in [4.78, 5) is 0. The Kier molecular flexibility index (Phi) is 5.12. The van der Waals surface area contributed by atoms with Gasteiger partial charge in [-0.25, -0.2) is 0 Å². The molecule has 21 heavy (non-hydrogen) atoms. The van der Waals surface area contributed by atoms with Crippen LogP contribution in [-0.2, 0) is 6.42 Å². The first-order valence-corrected chi connectivity index (χ1v) is 7.75. The third kappa shape index (κ3) is 3.16. The quantitative estimate of drug-likeness (QED) is 0.848. The number of rotatable bonds is 7. The molecule has 0 atom stereocenters. The van der Waals surface area contributed by atoms with Crippen molar-refractivity contribution in [3.8, 4) is 11.5 Å². The molecule has 1 aromatic heterocycles. The van der Waals surface area contributed by atoms with E-state index in [1.54, 1.807) is 0 Å². The van der Waals surface area contributed by atoms with Gasteiger partial charge in [-0.05, 0) is 52.3 Å². The predicted octanol–water partition coefficient (Wildman–Crippen LogP) is 3.52. The van der Waals surface area contributed by atoms with Gasteiger partial charge in [0.25, 0.3) is 0 Å². The zero-order valence-electron chi connectivity index (χ0n) is 13.5. The van der Waals surface area contributed by atoms with Crippen molar-refractivity contribution in [2.45, 2.75) is 40.2 Å². The maximum absolute atomic E-state index is 5.75. The van der Waals surface area contributed by atoms with Crippen molar-refractivity contribution in [2.75, 3.05) is 19.8 Å². The van der Waals surface area contributed by atoms with E-state index in [4.69, 9.17) is 15.2 Å². The Morgan fingerprint density at radius 2 is 1.71 bits per heavy atom. The van der Waals surface area contributed by atoms with Crippen LogP contribution < -0.4 is 15.2 Å². The third-order valence-corrected chi connectivity index (χ3v) is 3.55. The second kappa shape index (κ2) is 6.85. The van der Waals surface area contributed by atoms with Crippen molar-refractivity contribution in [2.24, 2.45) is 5.73 Å². The van der Waals surface area contributed by atoms with Crippen LogP contribution in [0.1, 0.15) is 39.3 Å². The monoisotopic (exact) mass is 290 g/mol. The lowest BCUT2D eigenvalue weighted by atomic mass is 10.1. The van der Waals surface area contributed by atoms with E-state index in [-0.39, 0.29) is 0 Å². The van der Waals surface area contributed by atoms with E-state index in [9.17, 15) is 0 Å². The first kappa shape index (κ1) is 15.7.